The Bertz CT molecular complexity index is 516. The predicted octanol–water partition coefficient (Wildman–Crippen LogP) is 2.66. The second kappa shape index (κ2) is 6.72. The van der Waals surface area contributed by atoms with Crippen LogP contribution in [0.3, 0.4) is 0 Å². The van der Waals surface area contributed by atoms with E-state index in [0.29, 0.717) is 4.90 Å². The molecule has 0 aromatic heterocycles. The molecule has 1 saturated heterocycles. The molecule has 20 heavy (non-hydrogen) atoms. The Hall–Kier alpha value is -0.870. The van der Waals surface area contributed by atoms with Gasteiger partial charge in [0.25, 0.3) is 0 Å². The van der Waals surface area contributed by atoms with E-state index in [-0.39, 0.29) is 0 Å². The van der Waals surface area contributed by atoms with Gasteiger partial charge < -0.3 is 5.32 Å². The van der Waals surface area contributed by atoms with Gasteiger partial charge in [0.1, 0.15) is 0 Å². The summed E-state index contributed by atoms with van der Waals surface area (Å²) in [6.45, 7) is 4.65. The summed E-state index contributed by atoms with van der Waals surface area (Å²) in [5.74, 6) is 1.58. The quantitative estimate of drug-likeness (QED) is 0.908. The molecule has 1 heterocycles. The second-order valence-corrected chi connectivity index (χ2v) is 8.04. The fourth-order valence-electron chi connectivity index (χ4n) is 2.95. The topological polar surface area (TPSA) is 46.2 Å². The van der Waals surface area contributed by atoms with Crippen LogP contribution < -0.4 is 5.32 Å². The average molecular weight is 295 g/mol. The molecule has 112 valence electrons. The molecule has 0 spiro atoms. The number of nitrogens with one attached hydrogen (secondary N) is 1. The molecular formula is C16H25NO2S. The van der Waals surface area contributed by atoms with E-state index in [4.69, 9.17) is 0 Å². The highest BCUT2D eigenvalue weighted by Crippen LogP contribution is 2.25. The first-order chi connectivity index (χ1) is 9.47. The third-order valence-corrected chi connectivity index (χ3v) is 5.56. The normalized spacial score (nSPS) is 18.9. The number of aryl methyl sites for hydroxylation is 1. The molecule has 1 aliphatic rings. The minimum atomic E-state index is -3.07. The van der Waals surface area contributed by atoms with Gasteiger partial charge in [-0.1, -0.05) is 19.1 Å². The van der Waals surface area contributed by atoms with Crippen molar-refractivity contribution in [1.82, 2.24) is 5.32 Å². The van der Waals surface area contributed by atoms with Crippen LogP contribution in [0, 0.1) is 11.8 Å². The van der Waals surface area contributed by atoms with Crippen LogP contribution in [0.5, 0.6) is 0 Å². The lowest BCUT2D eigenvalue weighted by Crippen LogP contribution is -2.30. The molecule has 0 aliphatic carbocycles. The van der Waals surface area contributed by atoms with Crippen LogP contribution in [0.25, 0.3) is 0 Å². The fourth-order valence-corrected chi connectivity index (χ4v) is 3.58. The third-order valence-electron chi connectivity index (χ3n) is 4.43. The molecule has 0 amide bonds. The van der Waals surface area contributed by atoms with Crippen molar-refractivity contribution in [3.8, 4) is 0 Å². The minimum Gasteiger partial charge on any atom is -0.317 e. The standard InChI is InChI=1S/C16H25NO2S/c1-13(15-9-11-17-12-10-15)3-4-14-5-7-16(8-6-14)20(2,18)19/h5-8,13,15,17H,3-4,9-12H2,1-2H3. The smallest absolute Gasteiger partial charge is 0.175 e. The van der Waals surface area contributed by atoms with E-state index in [1.54, 1.807) is 12.1 Å². The van der Waals surface area contributed by atoms with Gasteiger partial charge in [0, 0.05) is 6.26 Å². The number of benzene rings is 1. The van der Waals surface area contributed by atoms with Crippen molar-refractivity contribution in [2.45, 2.75) is 37.5 Å². The molecule has 1 unspecified atom stereocenters. The molecule has 0 radical (unpaired) electrons. The molecule has 2 rings (SSSR count). The molecular weight excluding hydrogens is 270 g/mol. The number of sulfone groups is 1. The van der Waals surface area contributed by atoms with E-state index in [1.165, 1.54) is 31.1 Å². The van der Waals surface area contributed by atoms with Gasteiger partial charge in [0.05, 0.1) is 4.90 Å². The highest BCUT2D eigenvalue weighted by atomic mass is 32.2. The van der Waals surface area contributed by atoms with Gasteiger partial charge in [-0.15, -0.1) is 0 Å². The van der Waals surface area contributed by atoms with E-state index >= 15 is 0 Å². The first-order valence-electron chi connectivity index (χ1n) is 7.46. The Kier molecular flexibility index (Phi) is 5.22. The zero-order chi connectivity index (χ0) is 14.6. The Morgan fingerprint density at radius 3 is 2.35 bits per heavy atom. The Labute approximate surface area is 122 Å². The molecule has 1 aliphatic heterocycles. The van der Waals surface area contributed by atoms with Crippen molar-refractivity contribution >= 4 is 9.84 Å². The molecule has 1 atom stereocenters. The van der Waals surface area contributed by atoms with Crippen molar-refractivity contribution in [1.29, 1.82) is 0 Å². The lowest BCUT2D eigenvalue weighted by atomic mass is 9.83. The summed E-state index contributed by atoms with van der Waals surface area (Å²) in [6, 6.07) is 7.34. The van der Waals surface area contributed by atoms with Crippen LogP contribution in [-0.4, -0.2) is 27.8 Å². The van der Waals surface area contributed by atoms with Crippen molar-refractivity contribution in [2.24, 2.45) is 11.8 Å². The lowest BCUT2D eigenvalue weighted by Gasteiger charge is -2.28. The van der Waals surface area contributed by atoms with Crippen LogP contribution in [0.15, 0.2) is 29.2 Å². The van der Waals surface area contributed by atoms with Crippen molar-refractivity contribution in [3.05, 3.63) is 29.8 Å². The van der Waals surface area contributed by atoms with Gasteiger partial charge in [-0.3, -0.25) is 0 Å². The number of rotatable bonds is 5. The van der Waals surface area contributed by atoms with Crippen molar-refractivity contribution in [2.75, 3.05) is 19.3 Å². The molecule has 1 aromatic carbocycles. The summed E-state index contributed by atoms with van der Waals surface area (Å²) in [6.07, 6.45) is 6.04. The second-order valence-electron chi connectivity index (χ2n) is 6.02. The maximum atomic E-state index is 11.4. The first kappa shape index (κ1) is 15.5. The highest BCUT2D eigenvalue weighted by Gasteiger charge is 2.19. The van der Waals surface area contributed by atoms with Crippen LogP contribution in [-0.2, 0) is 16.3 Å². The predicted molar refractivity (Wildman–Crippen MR) is 82.6 cm³/mol. The van der Waals surface area contributed by atoms with Crippen molar-refractivity contribution in [3.63, 3.8) is 0 Å². The Morgan fingerprint density at radius 2 is 1.80 bits per heavy atom. The lowest BCUT2D eigenvalue weighted by molar-refractivity contribution is 0.263. The summed E-state index contributed by atoms with van der Waals surface area (Å²) in [5, 5.41) is 3.41. The van der Waals surface area contributed by atoms with E-state index in [9.17, 15) is 8.42 Å². The third kappa shape index (κ3) is 4.32. The maximum Gasteiger partial charge on any atom is 0.175 e. The summed E-state index contributed by atoms with van der Waals surface area (Å²) in [4.78, 5) is 0.410. The van der Waals surface area contributed by atoms with Gasteiger partial charge in [-0.05, 0) is 68.3 Å². The Balaban J connectivity index is 1.87. The average Bonchev–Trinajstić information content (AvgIpc) is 2.45. The van der Waals surface area contributed by atoms with E-state index < -0.39 is 9.84 Å². The highest BCUT2D eigenvalue weighted by molar-refractivity contribution is 7.90. The van der Waals surface area contributed by atoms with Crippen LogP contribution in [0.2, 0.25) is 0 Å². The molecule has 1 aromatic rings. The van der Waals surface area contributed by atoms with Gasteiger partial charge >= 0.3 is 0 Å². The number of hydrogen-bond acceptors (Lipinski definition) is 3. The van der Waals surface area contributed by atoms with Crippen LogP contribution in [0.4, 0.5) is 0 Å². The number of hydrogen-bond donors (Lipinski definition) is 1. The molecule has 3 nitrogen and oxygen atoms in total. The van der Waals surface area contributed by atoms with Gasteiger partial charge in [-0.2, -0.15) is 0 Å². The molecule has 0 saturated carbocycles. The summed E-state index contributed by atoms with van der Waals surface area (Å²) in [7, 11) is -3.07. The molecule has 1 N–H and O–H groups in total. The van der Waals surface area contributed by atoms with Crippen LogP contribution >= 0.6 is 0 Å². The molecule has 1 fully saturated rings. The van der Waals surface area contributed by atoms with Crippen molar-refractivity contribution < 1.29 is 8.42 Å². The summed E-state index contributed by atoms with van der Waals surface area (Å²) in [5.41, 5.74) is 1.23. The van der Waals surface area contributed by atoms with E-state index in [0.717, 1.165) is 31.3 Å². The van der Waals surface area contributed by atoms with Gasteiger partial charge in [0.2, 0.25) is 0 Å². The monoisotopic (exact) mass is 295 g/mol. The molecule has 4 heteroatoms. The molecule has 0 bridgehead atoms. The zero-order valence-corrected chi connectivity index (χ0v) is 13.2. The summed E-state index contributed by atoms with van der Waals surface area (Å²) < 4.78 is 22.8. The van der Waals surface area contributed by atoms with Crippen LogP contribution in [0.1, 0.15) is 31.7 Å². The SMILES string of the molecule is CC(CCc1ccc(S(C)(=O)=O)cc1)C1CCNCC1. The summed E-state index contributed by atoms with van der Waals surface area (Å²) >= 11 is 0. The van der Waals surface area contributed by atoms with Gasteiger partial charge in [-0.25, -0.2) is 8.42 Å². The largest absolute Gasteiger partial charge is 0.317 e. The zero-order valence-electron chi connectivity index (χ0n) is 12.4. The maximum absolute atomic E-state index is 11.4. The fraction of sp³-hybridized carbons (Fsp3) is 0.625. The minimum absolute atomic E-state index is 0.410. The number of piperidine rings is 1. The first-order valence-corrected chi connectivity index (χ1v) is 9.35. The Morgan fingerprint density at radius 1 is 1.20 bits per heavy atom. The van der Waals surface area contributed by atoms with E-state index in [2.05, 4.69) is 12.2 Å². The van der Waals surface area contributed by atoms with Gasteiger partial charge in [0.15, 0.2) is 9.84 Å². The van der Waals surface area contributed by atoms with E-state index in [1.807, 2.05) is 12.1 Å².